The molecule has 1 heterocycles. The molecule has 0 saturated heterocycles. The van der Waals surface area contributed by atoms with Crippen LogP contribution in [0.25, 0.3) is 0 Å². The third-order valence-electron chi connectivity index (χ3n) is 4.96. The maximum absolute atomic E-state index is 12.7. The Bertz CT molecular complexity index is 971. The van der Waals surface area contributed by atoms with Gasteiger partial charge in [0.2, 0.25) is 5.91 Å². The first kappa shape index (κ1) is 22.1. The largest absolute Gasteiger partial charge is 0.492 e. The number of anilines is 2. The molecule has 0 unspecified atom stereocenters. The number of carbonyl (C=O) groups is 3. The Morgan fingerprint density at radius 2 is 1.87 bits per heavy atom. The molecule has 3 amide bonds. The summed E-state index contributed by atoms with van der Waals surface area (Å²) in [6.45, 7) is 6.91. The zero-order chi connectivity index (χ0) is 22.4. The van der Waals surface area contributed by atoms with Crippen molar-refractivity contribution in [2.45, 2.75) is 20.8 Å². The number of benzene rings is 2. The van der Waals surface area contributed by atoms with E-state index in [1.807, 2.05) is 26.8 Å². The van der Waals surface area contributed by atoms with Crippen molar-refractivity contribution in [3.05, 3.63) is 48.0 Å². The topological polar surface area (TPSA) is 88.2 Å². The van der Waals surface area contributed by atoms with Crippen molar-refractivity contribution in [1.82, 2.24) is 4.90 Å². The van der Waals surface area contributed by atoms with E-state index in [-0.39, 0.29) is 30.9 Å². The summed E-state index contributed by atoms with van der Waals surface area (Å²) in [7, 11) is 0. The van der Waals surface area contributed by atoms with Crippen molar-refractivity contribution in [3.63, 3.8) is 0 Å². The van der Waals surface area contributed by atoms with E-state index in [2.05, 4.69) is 5.32 Å². The molecule has 0 bridgehead atoms. The summed E-state index contributed by atoms with van der Waals surface area (Å²) in [5, 5.41) is 2.79. The van der Waals surface area contributed by atoms with Crippen molar-refractivity contribution in [3.8, 4) is 11.5 Å². The van der Waals surface area contributed by atoms with Gasteiger partial charge in [0.05, 0.1) is 18.0 Å². The van der Waals surface area contributed by atoms with E-state index < -0.39 is 0 Å². The van der Waals surface area contributed by atoms with Crippen LogP contribution in [0.15, 0.2) is 42.5 Å². The Morgan fingerprint density at radius 1 is 1.13 bits per heavy atom. The lowest BCUT2D eigenvalue weighted by Crippen LogP contribution is -2.43. The molecule has 8 heteroatoms. The van der Waals surface area contributed by atoms with Gasteiger partial charge in [-0.25, -0.2) is 0 Å². The molecule has 1 aliphatic rings. The monoisotopic (exact) mass is 425 g/mol. The van der Waals surface area contributed by atoms with E-state index in [0.717, 1.165) is 0 Å². The normalized spacial score (nSPS) is 12.6. The Morgan fingerprint density at radius 3 is 2.58 bits per heavy atom. The average Bonchev–Trinajstić information content (AvgIpc) is 2.77. The summed E-state index contributed by atoms with van der Waals surface area (Å²) in [6, 6.07) is 12.0. The van der Waals surface area contributed by atoms with Crippen LogP contribution >= 0.6 is 0 Å². The smallest absolute Gasteiger partial charge is 0.265 e. The van der Waals surface area contributed by atoms with Crippen LogP contribution in [0.4, 0.5) is 11.4 Å². The van der Waals surface area contributed by atoms with Crippen LogP contribution in [0.1, 0.15) is 31.1 Å². The Balaban J connectivity index is 1.83. The van der Waals surface area contributed by atoms with Gasteiger partial charge in [-0.2, -0.15) is 0 Å². The molecule has 0 fully saturated rings. The molecule has 1 N–H and O–H groups in total. The molecule has 0 saturated carbocycles. The fourth-order valence-electron chi connectivity index (χ4n) is 3.39. The first-order valence-corrected chi connectivity index (χ1v) is 10.4. The molecular weight excluding hydrogens is 398 g/mol. The van der Waals surface area contributed by atoms with E-state index in [1.54, 1.807) is 41.3 Å². The van der Waals surface area contributed by atoms with Crippen LogP contribution in [0, 0.1) is 0 Å². The zero-order valence-corrected chi connectivity index (χ0v) is 18.0. The van der Waals surface area contributed by atoms with Crippen LogP contribution in [0.2, 0.25) is 0 Å². The first-order chi connectivity index (χ1) is 15.0. The molecule has 2 aromatic carbocycles. The van der Waals surface area contributed by atoms with Crippen molar-refractivity contribution in [2.75, 3.05) is 43.1 Å². The summed E-state index contributed by atoms with van der Waals surface area (Å²) in [5.74, 6) is 0.139. The third-order valence-corrected chi connectivity index (χ3v) is 4.96. The van der Waals surface area contributed by atoms with Gasteiger partial charge in [-0.15, -0.1) is 0 Å². The van der Waals surface area contributed by atoms with E-state index in [9.17, 15) is 14.4 Å². The molecule has 8 nitrogen and oxygen atoms in total. The number of para-hydroxylation sites is 2. The van der Waals surface area contributed by atoms with Gasteiger partial charge < -0.3 is 19.7 Å². The number of carbonyl (C=O) groups excluding carboxylic acids is 3. The lowest BCUT2D eigenvalue weighted by Gasteiger charge is -2.29. The first-order valence-electron chi connectivity index (χ1n) is 10.4. The summed E-state index contributed by atoms with van der Waals surface area (Å²) < 4.78 is 11.0. The molecule has 0 atom stereocenters. The van der Waals surface area contributed by atoms with E-state index in [1.165, 1.54) is 4.90 Å². The highest BCUT2D eigenvalue weighted by atomic mass is 16.5. The summed E-state index contributed by atoms with van der Waals surface area (Å²) in [6.07, 6.45) is 0. The number of nitrogens with zero attached hydrogens (tertiary/aromatic N) is 2. The van der Waals surface area contributed by atoms with Crippen molar-refractivity contribution < 1.29 is 23.9 Å². The van der Waals surface area contributed by atoms with Gasteiger partial charge in [0, 0.05) is 18.7 Å². The fraction of sp³-hybridized carbons (Fsp3) is 0.348. The van der Waals surface area contributed by atoms with Gasteiger partial charge in [0.25, 0.3) is 11.8 Å². The maximum Gasteiger partial charge on any atom is 0.265 e. The Hall–Kier alpha value is -3.55. The number of fused-ring (bicyclic) bond motifs is 1. The van der Waals surface area contributed by atoms with Crippen LogP contribution in [0.3, 0.4) is 0 Å². The Labute approximate surface area is 181 Å². The number of nitrogens with one attached hydrogen (secondary N) is 1. The third kappa shape index (κ3) is 4.96. The van der Waals surface area contributed by atoms with Crippen LogP contribution in [-0.2, 0) is 9.59 Å². The van der Waals surface area contributed by atoms with Crippen molar-refractivity contribution >= 4 is 29.1 Å². The Kier molecular flexibility index (Phi) is 7.12. The van der Waals surface area contributed by atoms with Gasteiger partial charge in [-0.05, 0) is 51.1 Å². The molecule has 2 aromatic rings. The quantitative estimate of drug-likeness (QED) is 0.703. The molecule has 0 radical (unpaired) electrons. The molecule has 3 rings (SSSR count). The fourth-order valence-corrected chi connectivity index (χ4v) is 3.39. The van der Waals surface area contributed by atoms with Crippen molar-refractivity contribution in [2.24, 2.45) is 0 Å². The summed E-state index contributed by atoms with van der Waals surface area (Å²) in [4.78, 5) is 41.0. The van der Waals surface area contributed by atoms with Gasteiger partial charge in [0.1, 0.15) is 18.0 Å². The van der Waals surface area contributed by atoms with Gasteiger partial charge in [0.15, 0.2) is 6.61 Å². The number of ether oxygens (including phenoxy) is 2. The highest BCUT2D eigenvalue weighted by Crippen LogP contribution is 2.33. The second kappa shape index (κ2) is 9.97. The van der Waals surface area contributed by atoms with Crippen LogP contribution in [-0.4, -0.2) is 55.5 Å². The number of rotatable bonds is 8. The molecule has 31 heavy (non-hydrogen) atoms. The van der Waals surface area contributed by atoms with E-state index in [0.29, 0.717) is 48.1 Å². The minimum atomic E-state index is -0.381. The van der Waals surface area contributed by atoms with Gasteiger partial charge in [-0.3, -0.25) is 19.3 Å². The predicted octanol–water partition coefficient (Wildman–Crippen LogP) is 2.93. The SMILES string of the molecule is CCOc1ccccc1NC(=O)CN1C(=O)COc2ccc(C(=O)N(CC)CC)cc21. The summed E-state index contributed by atoms with van der Waals surface area (Å²) in [5.41, 5.74) is 1.37. The second-order valence-corrected chi connectivity index (χ2v) is 6.91. The lowest BCUT2D eigenvalue weighted by molar-refractivity contribution is -0.123. The van der Waals surface area contributed by atoms with E-state index >= 15 is 0 Å². The highest BCUT2D eigenvalue weighted by molar-refractivity contribution is 6.06. The molecule has 164 valence electrons. The standard InChI is InChI=1S/C23H27N3O5/c1-4-25(5-2)23(29)16-11-12-20-18(13-16)26(22(28)15-31-20)14-21(27)24-17-9-7-8-10-19(17)30-6-3/h7-13H,4-6,14-15H2,1-3H3,(H,24,27). The molecule has 0 aliphatic carbocycles. The van der Waals surface area contributed by atoms with Gasteiger partial charge >= 0.3 is 0 Å². The van der Waals surface area contributed by atoms with E-state index in [4.69, 9.17) is 9.47 Å². The number of hydrogen-bond acceptors (Lipinski definition) is 5. The van der Waals surface area contributed by atoms with Gasteiger partial charge in [-0.1, -0.05) is 12.1 Å². The van der Waals surface area contributed by atoms with Crippen LogP contribution < -0.4 is 19.7 Å². The summed E-state index contributed by atoms with van der Waals surface area (Å²) >= 11 is 0. The lowest BCUT2D eigenvalue weighted by atomic mass is 10.1. The van der Waals surface area contributed by atoms with Crippen LogP contribution in [0.5, 0.6) is 11.5 Å². The zero-order valence-electron chi connectivity index (χ0n) is 18.0. The molecule has 0 spiro atoms. The predicted molar refractivity (Wildman–Crippen MR) is 118 cm³/mol. The second-order valence-electron chi connectivity index (χ2n) is 6.91. The minimum absolute atomic E-state index is 0.138. The van der Waals surface area contributed by atoms with Crippen molar-refractivity contribution in [1.29, 1.82) is 0 Å². The molecule has 0 aromatic heterocycles. The number of hydrogen-bond donors (Lipinski definition) is 1. The molecular formula is C23H27N3O5. The molecule has 1 aliphatic heterocycles. The number of amides is 3. The average molecular weight is 425 g/mol. The highest BCUT2D eigenvalue weighted by Gasteiger charge is 2.29. The minimum Gasteiger partial charge on any atom is -0.492 e. The maximum atomic E-state index is 12.7.